The summed E-state index contributed by atoms with van der Waals surface area (Å²) in [4.78, 5) is 26.1. The monoisotopic (exact) mass is 395 g/mol. The van der Waals surface area contributed by atoms with Crippen LogP contribution >= 0.6 is 0 Å². The minimum absolute atomic E-state index is 0.258. The Bertz CT molecular complexity index is 878. The molecule has 2 aromatic carbocycles. The second-order valence-corrected chi connectivity index (χ2v) is 6.85. The number of rotatable bonds is 6. The number of carbonyl (C=O) groups is 2. The van der Waals surface area contributed by atoms with Crippen LogP contribution in [0, 0.1) is 0 Å². The van der Waals surface area contributed by atoms with Crippen molar-refractivity contribution in [1.82, 2.24) is 4.90 Å². The summed E-state index contributed by atoms with van der Waals surface area (Å²) in [7, 11) is 1.69. The van der Waals surface area contributed by atoms with Crippen molar-refractivity contribution >= 4 is 18.0 Å². The molecule has 1 heterocycles. The number of esters is 1. The summed E-state index contributed by atoms with van der Waals surface area (Å²) < 4.78 is 16.5. The standard InChI is InChI=1S/C23H25NO5/c1-17(23(26)24(2)16-19-7-4-3-5-8-19)29-22(25)12-10-18-9-11-20-21(15-18)28-14-6-13-27-20/h3-5,7-12,15,17H,6,13-14,16H2,1-2H3/b12-10+/t17-/m0/s1. The first-order valence-corrected chi connectivity index (χ1v) is 9.60. The lowest BCUT2D eigenvalue weighted by Gasteiger charge is -2.21. The smallest absolute Gasteiger partial charge is 0.331 e. The zero-order valence-electron chi connectivity index (χ0n) is 16.7. The van der Waals surface area contributed by atoms with Crippen molar-refractivity contribution in [1.29, 1.82) is 0 Å². The van der Waals surface area contributed by atoms with E-state index >= 15 is 0 Å². The fourth-order valence-electron chi connectivity index (χ4n) is 2.96. The number of likely N-dealkylation sites (N-methyl/N-ethyl adjacent to an activating group) is 1. The van der Waals surface area contributed by atoms with Gasteiger partial charge in [-0.1, -0.05) is 36.4 Å². The second-order valence-electron chi connectivity index (χ2n) is 6.85. The second kappa shape index (κ2) is 9.78. The molecule has 0 spiro atoms. The number of nitrogens with zero attached hydrogens (tertiary/aromatic N) is 1. The molecular formula is C23H25NO5. The van der Waals surface area contributed by atoms with Crippen LogP contribution in [-0.2, 0) is 20.9 Å². The third-order valence-corrected chi connectivity index (χ3v) is 4.46. The molecule has 2 aromatic rings. The molecule has 1 aliphatic rings. The molecule has 0 saturated heterocycles. The van der Waals surface area contributed by atoms with Crippen LogP contribution in [0.4, 0.5) is 0 Å². The van der Waals surface area contributed by atoms with E-state index < -0.39 is 12.1 Å². The van der Waals surface area contributed by atoms with Gasteiger partial charge in [0, 0.05) is 26.1 Å². The summed E-state index contributed by atoms with van der Waals surface area (Å²) >= 11 is 0. The number of ether oxygens (including phenoxy) is 3. The molecular weight excluding hydrogens is 370 g/mol. The Morgan fingerprint density at radius 3 is 2.59 bits per heavy atom. The summed E-state index contributed by atoms with van der Waals surface area (Å²) in [5.74, 6) is 0.518. The van der Waals surface area contributed by atoms with Crippen LogP contribution < -0.4 is 9.47 Å². The molecule has 0 saturated carbocycles. The Morgan fingerprint density at radius 1 is 1.10 bits per heavy atom. The van der Waals surface area contributed by atoms with E-state index in [2.05, 4.69) is 0 Å². The first-order valence-electron chi connectivity index (χ1n) is 9.60. The van der Waals surface area contributed by atoms with Gasteiger partial charge in [-0.3, -0.25) is 4.79 Å². The molecule has 0 N–H and O–H groups in total. The highest BCUT2D eigenvalue weighted by atomic mass is 16.5. The van der Waals surface area contributed by atoms with Gasteiger partial charge in [-0.15, -0.1) is 0 Å². The van der Waals surface area contributed by atoms with Crippen LogP contribution in [0.25, 0.3) is 6.08 Å². The number of hydrogen-bond acceptors (Lipinski definition) is 5. The molecule has 1 aliphatic heterocycles. The number of fused-ring (bicyclic) bond motifs is 1. The molecule has 0 bridgehead atoms. The topological polar surface area (TPSA) is 65.1 Å². The molecule has 0 aromatic heterocycles. The van der Waals surface area contributed by atoms with Gasteiger partial charge in [0.1, 0.15) is 0 Å². The summed E-state index contributed by atoms with van der Waals surface area (Å²) in [6.45, 7) is 3.25. The van der Waals surface area contributed by atoms with Crippen molar-refractivity contribution in [2.75, 3.05) is 20.3 Å². The normalized spacial score (nSPS) is 14.1. The van der Waals surface area contributed by atoms with Gasteiger partial charge in [0.25, 0.3) is 5.91 Å². The van der Waals surface area contributed by atoms with E-state index in [1.165, 1.54) is 6.08 Å². The van der Waals surface area contributed by atoms with Gasteiger partial charge in [0.05, 0.1) is 13.2 Å². The van der Waals surface area contributed by atoms with Crippen molar-refractivity contribution < 1.29 is 23.8 Å². The van der Waals surface area contributed by atoms with E-state index in [1.807, 2.05) is 48.5 Å². The molecule has 0 fully saturated rings. The van der Waals surface area contributed by atoms with E-state index in [1.54, 1.807) is 24.9 Å². The minimum Gasteiger partial charge on any atom is -0.490 e. The van der Waals surface area contributed by atoms with Crippen LogP contribution in [0.3, 0.4) is 0 Å². The van der Waals surface area contributed by atoms with Gasteiger partial charge in [0.2, 0.25) is 0 Å². The lowest BCUT2D eigenvalue weighted by atomic mass is 10.2. The quantitative estimate of drug-likeness (QED) is 0.554. The highest BCUT2D eigenvalue weighted by molar-refractivity contribution is 5.90. The van der Waals surface area contributed by atoms with Crippen LogP contribution in [0.1, 0.15) is 24.5 Å². The number of benzene rings is 2. The predicted molar refractivity (Wildman–Crippen MR) is 110 cm³/mol. The molecule has 0 unspecified atom stereocenters. The van der Waals surface area contributed by atoms with Gasteiger partial charge >= 0.3 is 5.97 Å². The highest BCUT2D eigenvalue weighted by Crippen LogP contribution is 2.30. The number of carbonyl (C=O) groups excluding carboxylic acids is 2. The summed E-state index contributed by atoms with van der Waals surface area (Å²) in [5.41, 5.74) is 1.79. The third kappa shape index (κ3) is 5.85. The van der Waals surface area contributed by atoms with Crippen LogP contribution in [-0.4, -0.2) is 43.1 Å². The zero-order valence-corrected chi connectivity index (χ0v) is 16.7. The van der Waals surface area contributed by atoms with Gasteiger partial charge in [0.15, 0.2) is 17.6 Å². The molecule has 6 heteroatoms. The van der Waals surface area contributed by atoms with Gasteiger partial charge in [-0.25, -0.2) is 4.79 Å². The SMILES string of the molecule is C[C@H](OC(=O)/C=C/c1ccc2c(c1)OCCCO2)C(=O)N(C)Cc1ccccc1. The first kappa shape index (κ1) is 20.5. The van der Waals surface area contributed by atoms with Crippen molar-refractivity contribution in [3.63, 3.8) is 0 Å². The van der Waals surface area contributed by atoms with Crippen molar-refractivity contribution in [3.8, 4) is 11.5 Å². The van der Waals surface area contributed by atoms with Gasteiger partial charge in [-0.2, -0.15) is 0 Å². The Morgan fingerprint density at radius 2 is 1.83 bits per heavy atom. The summed E-state index contributed by atoms with van der Waals surface area (Å²) in [5, 5.41) is 0. The molecule has 1 atom stereocenters. The van der Waals surface area contributed by atoms with E-state index in [0.29, 0.717) is 31.3 Å². The lowest BCUT2D eigenvalue weighted by molar-refractivity contribution is -0.154. The maximum atomic E-state index is 12.4. The van der Waals surface area contributed by atoms with Gasteiger partial charge in [-0.05, 0) is 36.3 Å². The first-order chi connectivity index (χ1) is 14.0. The number of amides is 1. The fourth-order valence-corrected chi connectivity index (χ4v) is 2.96. The summed E-state index contributed by atoms with van der Waals surface area (Å²) in [6, 6.07) is 15.1. The Kier molecular flexibility index (Phi) is 6.89. The maximum absolute atomic E-state index is 12.4. The van der Waals surface area contributed by atoms with Crippen molar-refractivity contribution in [3.05, 3.63) is 65.7 Å². The maximum Gasteiger partial charge on any atom is 0.331 e. The molecule has 152 valence electrons. The van der Waals surface area contributed by atoms with Crippen molar-refractivity contribution in [2.24, 2.45) is 0 Å². The lowest BCUT2D eigenvalue weighted by Crippen LogP contribution is -2.36. The third-order valence-electron chi connectivity index (χ3n) is 4.46. The fraction of sp³-hybridized carbons (Fsp3) is 0.304. The molecule has 1 amide bonds. The molecule has 29 heavy (non-hydrogen) atoms. The predicted octanol–water partition coefficient (Wildman–Crippen LogP) is 3.45. The molecule has 0 radical (unpaired) electrons. The van der Waals surface area contributed by atoms with Crippen molar-refractivity contribution in [2.45, 2.75) is 26.0 Å². The van der Waals surface area contributed by atoms with E-state index in [-0.39, 0.29) is 5.91 Å². The van der Waals surface area contributed by atoms with Crippen LogP contribution in [0.15, 0.2) is 54.6 Å². The van der Waals surface area contributed by atoms with E-state index in [9.17, 15) is 9.59 Å². The average molecular weight is 395 g/mol. The molecule has 3 rings (SSSR count). The highest BCUT2D eigenvalue weighted by Gasteiger charge is 2.20. The minimum atomic E-state index is -0.871. The van der Waals surface area contributed by atoms with Gasteiger partial charge < -0.3 is 19.1 Å². The zero-order chi connectivity index (χ0) is 20.6. The Hall–Kier alpha value is -3.28. The Balaban J connectivity index is 1.54. The molecule has 6 nitrogen and oxygen atoms in total. The van der Waals surface area contributed by atoms with Crippen LogP contribution in [0.2, 0.25) is 0 Å². The van der Waals surface area contributed by atoms with E-state index in [0.717, 1.165) is 17.5 Å². The van der Waals surface area contributed by atoms with E-state index in [4.69, 9.17) is 14.2 Å². The average Bonchev–Trinajstić information content (AvgIpc) is 2.97. The number of hydrogen-bond donors (Lipinski definition) is 0. The van der Waals surface area contributed by atoms with Crippen LogP contribution in [0.5, 0.6) is 11.5 Å². The Labute approximate surface area is 170 Å². The summed E-state index contributed by atoms with van der Waals surface area (Å²) in [6.07, 6.45) is 2.89. The molecule has 0 aliphatic carbocycles. The largest absolute Gasteiger partial charge is 0.490 e.